The standard InChI is InChI=1S/C14H9BrCl2O2/c15-8-12(18)10-3-1-2-4-13(10)19-14-6-5-9(16)7-11(14)17/h1-7H,8H2. The van der Waals surface area contributed by atoms with Crippen molar-refractivity contribution in [2.24, 2.45) is 0 Å². The van der Waals surface area contributed by atoms with Gasteiger partial charge in [0.05, 0.1) is 15.9 Å². The molecular formula is C14H9BrCl2O2. The van der Waals surface area contributed by atoms with Crippen molar-refractivity contribution in [2.45, 2.75) is 0 Å². The maximum atomic E-state index is 11.8. The number of rotatable bonds is 4. The van der Waals surface area contributed by atoms with Crippen LogP contribution in [0, 0.1) is 0 Å². The van der Waals surface area contributed by atoms with Gasteiger partial charge in [-0.25, -0.2) is 0 Å². The van der Waals surface area contributed by atoms with E-state index in [9.17, 15) is 4.79 Å². The monoisotopic (exact) mass is 358 g/mol. The molecule has 0 saturated carbocycles. The second-order valence-electron chi connectivity index (χ2n) is 3.73. The Bertz CT molecular complexity index is 614. The second kappa shape index (κ2) is 6.42. The van der Waals surface area contributed by atoms with E-state index in [4.69, 9.17) is 27.9 Å². The van der Waals surface area contributed by atoms with E-state index in [0.29, 0.717) is 27.1 Å². The Balaban J connectivity index is 2.35. The Morgan fingerprint density at radius 3 is 2.53 bits per heavy atom. The molecule has 0 atom stereocenters. The third kappa shape index (κ3) is 3.50. The molecule has 5 heteroatoms. The topological polar surface area (TPSA) is 26.3 Å². The van der Waals surface area contributed by atoms with Gasteiger partial charge in [0.15, 0.2) is 5.78 Å². The summed E-state index contributed by atoms with van der Waals surface area (Å²) < 4.78 is 5.69. The highest BCUT2D eigenvalue weighted by molar-refractivity contribution is 9.09. The zero-order valence-electron chi connectivity index (χ0n) is 9.70. The van der Waals surface area contributed by atoms with Gasteiger partial charge in [-0.1, -0.05) is 51.3 Å². The van der Waals surface area contributed by atoms with Crippen LogP contribution in [0.3, 0.4) is 0 Å². The minimum absolute atomic E-state index is 0.0549. The van der Waals surface area contributed by atoms with E-state index in [-0.39, 0.29) is 11.1 Å². The average molecular weight is 360 g/mol. The molecule has 0 saturated heterocycles. The second-order valence-corrected chi connectivity index (χ2v) is 5.13. The quantitative estimate of drug-likeness (QED) is 0.542. The van der Waals surface area contributed by atoms with Gasteiger partial charge in [-0.3, -0.25) is 4.79 Å². The molecule has 0 unspecified atom stereocenters. The van der Waals surface area contributed by atoms with Gasteiger partial charge in [0.2, 0.25) is 0 Å². The van der Waals surface area contributed by atoms with E-state index in [2.05, 4.69) is 15.9 Å². The number of carbonyl (C=O) groups is 1. The highest BCUT2D eigenvalue weighted by Gasteiger charge is 2.12. The fourth-order valence-electron chi connectivity index (χ4n) is 1.53. The number of hydrogen-bond acceptors (Lipinski definition) is 2. The Morgan fingerprint density at radius 1 is 1.11 bits per heavy atom. The maximum Gasteiger partial charge on any atom is 0.177 e. The molecule has 0 fully saturated rings. The van der Waals surface area contributed by atoms with E-state index >= 15 is 0 Å². The molecule has 0 heterocycles. The first-order valence-corrected chi connectivity index (χ1v) is 7.30. The minimum atomic E-state index is -0.0549. The summed E-state index contributed by atoms with van der Waals surface area (Å²) in [5, 5.41) is 1.16. The average Bonchev–Trinajstić information content (AvgIpc) is 2.41. The van der Waals surface area contributed by atoms with Gasteiger partial charge >= 0.3 is 0 Å². The van der Waals surface area contributed by atoms with Crippen molar-refractivity contribution in [3.05, 3.63) is 58.1 Å². The number of Topliss-reactive ketones (excluding diaryl/α,β-unsaturated/α-hetero) is 1. The molecule has 19 heavy (non-hydrogen) atoms. The Morgan fingerprint density at radius 2 is 1.84 bits per heavy atom. The number of ether oxygens (including phenoxy) is 1. The number of halogens is 3. The lowest BCUT2D eigenvalue weighted by atomic mass is 10.1. The van der Waals surface area contributed by atoms with Gasteiger partial charge < -0.3 is 4.74 Å². The number of hydrogen-bond donors (Lipinski definition) is 0. The largest absolute Gasteiger partial charge is 0.455 e. The van der Waals surface area contributed by atoms with Gasteiger partial charge in [-0.15, -0.1) is 0 Å². The Hall–Kier alpha value is -1.03. The van der Waals surface area contributed by atoms with Gasteiger partial charge in [0.1, 0.15) is 11.5 Å². The summed E-state index contributed by atoms with van der Waals surface area (Å²) in [6, 6.07) is 11.9. The van der Waals surface area contributed by atoms with Gasteiger partial charge in [0, 0.05) is 5.02 Å². The predicted molar refractivity (Wildman–Crippen MR) is 81.1 cm³/mol. The van der Waals surface area contributed by atoms with Crippen molar-refractivity contribution in [3.8, 4) is 11.5 Å². The van der Waals surface area contributed by atoms with E-state index in [1.165, 1.54) is 0 Å². The molecule has 0 aliphatic carbocycles. The van der Waals surface area contributed by atoms with Crippen LogP contribution in [-0.4, -0.2) is 11.1 Å². The van der Waals surface area contributed by atoms with Crippen molar-refractivity contribution >= 4 is 44.9 Å². The van der Waals surface area contributed by atoms with Crippen molar-refractivity contribution < 1.29 is 9.53 Å². The number of para-hydroxylation sites is 1. The molecule has 2 nitrogen and oxygen atoms in total. The van der Waals surface area contributed by atoms with Crippen LogP contribution in [0.4, 0.5) is 0 Å². The third-order valence-electron chi connectivity index (χ3n) is 2.42. The normalized spacial score (nSPS) is 10.3. The van der Waals surface area contributed by atoms with E-state index < -0.39 is 0 Å². The molecule has 0 aliphatic heterocycles. The summed E-state index contributed by atoms with van der Waals surface area (Å²) in [6.07, 6.45) is 0. The molecule has 0 radical (unpaired) electrons. The Kier molecular flexibility index (Phi) is 4.86. The van der Waals surface area contributed by atoms with Crippen LogP contribution < -0.4 is 4.74 Å². The highest BCUT2D eigenvalue weighted by Crippen LogP contribution is 2.33. The fourth-order valence-corrected chi connectivity index (χ4v) is 2.28. The summed E-state index contributed by atoms with van der Waals surface area (Å²) in [5.41, 5.74) is 0.505. The molecular weight excluding hydrogens is 351 g/mol. The maximum absolute atomic E-state index is 11.8. The van der Waals surface area contributed by atoms with Crippen LogP contribution in [0.2, 0.25) is 10.0 Å². The fraction of sp³-hybridized carbons (Fsp3) is 0.0714. The number of carbonyl (C=O) groups excluding carboxylic acids is 1. The molecule has 2 aromatic rings. The SMILES string of the molecule is O=C(CBr)c1ccccc1Oc1ccc(Cl)cc1Cl. The smallest absolute Gasteiger partial charge is 0.177 e. The van der Waals surface area contributed by atoms with Crippen LogP contribution >= 0.6 is 39.1 Å². The molecule has 0 amide bonds. The van der Waals surface area contributed by atoms with Crippen molar-refractivity contribution in [1.82, 2.24) is 0 Å². The first-order valence-electron chi connectivity index (χ1n) is 5.43. The molecule has 98 valence electrons. The first kappa shape index (κ1) is 14.4. The van der Waals surface area contributed by atoms with E-state index in [1.807, 2.05) is 0 Å². The summed E-state index contributed by atoms with van der Waals surface area (Å²) in [4.78, 5) is 11.8. The summed E-state index contributed by atoms with van der Waals surface area (Å²) in [5.74, 6) is 0.873. The minimum Gasteiger partial charge on any atom is -0.455 e. The number of benzene rings is 2. The summed E-state index contributed by atoms with van der Waals surface area (Å²) >= 11 is 15.0. The van der Waals surface area contributed by atoms with Crippen LogP contribution in [0.15, 0.2) is 42.5 Å². The number of alkyl halides is 1. The summed E-state index contributed by atoms with van der Waals surface area (Å²) in [7, 11) is 0. The van der Waals surface area contributed by atoms with E-state index in [0.717, 1.165) is 0 Å². The lowest BCUT2D eigenvalue weighted by Gasteiger charge is -2.11. The lowest BCUT2D eigenvalue weighted by molar-refractivity contribution is 0.102. The van der Waals surface area contributed by atoms with Crippen LogP contribution in [0.1, 0.15) is 10.4 Å². The molecule has 0 aromatic heterocycles. The molecule has 0 aliphatic rings. The van der Waals surface area contributed by atoms with E-state index in [1.54, 1.807) is 42.5 Å². The van der Waals surface area contributed by atoms with Crippen LogP contribution in [0.5, 0.6) is 11.5 Å². The zero-order valence-corrected chi connectivity index (χ0v) is 12.8. The highest BCUT2D eigenvalue weighted by atomic mass is 79.9. The molecule has 0 N–H and O–H groups in total. The molecule has 0 spiro atoms. The first-order chi connectivity index (χ1) is 9.11. The molecule has 2 rings (SSSR count). The number of ketones is 1. The van der Waals surface area contributed by atoms with Crippen molar-refractivity contribution in [3.63, 3.8) is 0 Å². The Labute approximate surface area is 129 Å². The lowest BCUT2D eigenvalue weighted by Crippen LogP contribution is -2.02. The zero-order chi connectivity index (χ0) is 13.8. The molecule has 0 bridgehead atoms. The third-order valence-corrected chi connectivity index (χ3v) is 3.46. The van der Waals surface area contributed by atoms with Crippen LogP contribution in [0.25, 0.3) is 0 Å². The van der Waals surface area contributed by atoms with Gasteiger partial charge in [-0.2, -0.15) is 0 Å². The van der Waals surface area contributed by atoms with Crippen molar-refractivity contribution in [2.75, 3.05) is 5.33 Å². The predicted octanol–water partition coefficient (Wildman–Crippen LogP) is 5.36. The molecule has 2 aromatic carbocycles. The van der Waals surface area contributed by atoms with Gasteiger partial charge in [-0.05, 0) is 30.3 Å². The van der Waals surface area contributed by atoms with Crippen LogP contribution in [-0.2, 0) is 0 Å². The summed E-state index contributed by atoms with van der Waals surface area (Å²) in [6.45, 7) is 0. The van der Waals surface area contributed by atoms with Crippen molar-refractivity contribution in [1.29, 1.82) is 0 Å². The van der Waals surface area contributed by atoms with Gasteiger partial charge in [0.25, 0.3) is 0 Å².